The van der Waals surface area contributed by atoms with Gasteiger partial charge in [0.15, 0.2) is 0 Å². The van der Waals surface area contributed by atoms with Gasteiger partial charge in [-0.1, -0.05) is 23.7 Å². The van der Waals surface area contributed by atoms with E-state index in [2.05, 4.69) is 27.2 Å². The highest BCUT2D eigenvalue weighted by molar-refractivity contribution is 6.30. The van der Waals surface area contributed by atoms with Gasteiger partial charge in [0, 0.05) is 44.8 Å². The molecule has 1 atom stereocenters. The summed E-state index contributed by atoms with van der Waals surface area (Å²) in [5.74, 6) is 0.0937. The van der Waals surface area contributed by atoms with Crippen molar-refractivity contribution >= 4 is 17.5 Å². The fourth-order valence-electron chi connectivity index (χ4n) is 2.53. The standard InChI is InChI=1S/C15H22ClN3O/c1-12(15(20)17-2)19-9-7-18(8-10-19)11-13-3-5-14(16)6-4-13/h3-6,12H,7-11H2,1-2H3,(H,17,20)/t12-/m0/s1. The fraction of sp³-hybridized carbons (Fsp3) is 0.533. The van der Waals surface area contributed by atoms with Crippen molar-refractivity contribution in [3.63, 3.8) is 0 Å². The number of hydrogen-bond donors (Lipinski definition) is 1. The van der Waals surface area contributed by atoms with E-state index in [0.717, 1.165) is 37.7 Å². The third-order valence-corrected chi connectivity index (χ3v) is 4.15. The molecular weight excluding hydrogens is 274 g/mol. The largest absolute Gasteiger partial charge is 0.358 e. The van der Waals surface area contributed by atoms with Crippen LogP contribution in [0, 0.1) is 0 Å². The fourth-order valence-corrected chi connectivity index (χ4v) is 2.66. The number of amides is 1. The molecular formula is C15H22ClN3O. The quantitative estimate of drug-likeness (QED) is 0.916. The van der Waals surface area contributed by atoms with Crippen molar-refractivity contribution in [3.8, 4) is 0 Å². The lowest BCUT2D eigenvalue weighted by Crippen LogP contribution is -2.53. The molecule has 0 unspecified atom stereocenters. The molecule has 0 saturated carbocycles. The first-order chi connectivity index (χ1) is 9.60. The van der Waals surface area contributed by atoms with E-state index in [1.165, 1.54) is 5.56 Å². The van der Waals surface area contributed by atoms with Gasteiger partial charge in [0.1, 0.15) is 0 Å². The van der Waals surface area contributed by atoms with E-state index in [-0.39, 0.29) is 11.9 Å². The molecule has 1 aliphatic rings. The molecule has 1 heterocycles. The van der Waals surface area contributed by atoms with Gasteiger partial charge in [-0.05, 0) is 24.6 Å². The van der Waals surface area contributed by atoms with E-state index in [1.54, 1.807) is 7.05 Å². The van der Waals surface area contributed by atoms with Gasteiger partial charge in [0.25, 0.3) is 0 Å². The molecule has 1 aromatic rings. The number of rotatable bonds is 4. The Labute approximate surface area is 125 Å². The normalized spacial score (nSPS) is 18.8. The number of nitrogens with one attached hydrogen (secondary N) is 1. The van der Waals surface area contributed by atoms with Crippen molar-refractivity contribution in [2.45, 2.75) is 19.5 Å². The van der Waals surface area contributed by atoms with Crippen LogP contribution in [0.25, 0.3) is 0 Å². The minimum absolute atomic E-state index is 0.0438. The SMILES string of the molecule is CNC(=O)[C@H](C)N1CCN(Cc2ccc(Cl)cc2)CC1. The Morgan fingerprint density at radius 1 is 1.25 bits per heavy atom. The molecule has 1 N–H and O–H groups in total. The number of benzene rings is 1. The van der Waals surface area contributed by atoms with E-state index in [0.29, 0.717) is 0 Å². The molecule has 110 valence electrons. The Morgan fingerprint density at radius 2 is 1.85 bits per heavy atom. The first-order valence-corrected chi connectivity index (χ1v) is 7.40. The van der Waals surface area contributed by atoms with Crippen LogP contribution in [-0.2, 0) is 11.3 Å². The molecule has 20 heavy (non-hydrogen) atoms. The summed E-state index contributed by atoms with van der Waals surface area (Å²) in [6.45, 7) is 6.76. The molecule has 4 nitrogen and oxygen atoms in total. The second-order valence-electron chi connectivity index (χ2n) is 5.23. The van der Waals surface area contributed by atoms with Gasteiger partial charge in [0.05, 0.1) is 6.04 Å². The topological polar surface area (TPSA) is 35.6 Å². The zero-order chi connectivity index (χ0) is 14.5. The summed E-state index contributed by atoms with van der Waals surface area (Å²) in [6, 6.07) is 7.96. The van der Waals surface area contributed by atoms with Crippen molar-refractivity contribution < 1.29 is 4.79 Å². The summed E-state index contributed by atoms with van der Waals surface area (Å²) in [7, 11) is 1.69. The Balaban J connectivity index is 1.82. The highest BCUT2D eigenvalue weighted by Crippen LogP contribution is 2.13. The second kappa shape index (κ2) is 7.07. The van der Waals surface area contributed by atoms with Crippen LogP contribution in [-0.4, -0.2) is 55.0 Å². The van der Waals surface area contributed by atoms with Crippen molar-refractivity contribution in [2.75, 3.05) is 33.2 Å². The minimum Gasteiger partial charge on any atom is -0.358 e. The van der Waals surface area contributed by atoms with Gasteiger partial charge in [-0.15, -0.1) is 0 Å². The van der Waals surface area contributed by atoms with Gasteiger partial charge < -0.3 is 5.32 Å². The maximum Gasteiger partial charge on any atom is 0.236 e. The Morgan fingerprint density at radius 3 is 2.40 bits per heavy atom. The maximum atomic E-state index is 11.6. The Hall–Kier alpha value is -1.10. The second-order valence-corrected chi connectivity index (χ2v) is 5.67. The van der Waals surface area contributed by atoms with Crippen LogP contribution in [0.5, 0.6) is 0 Å². The third kappa shape index (κ3) is 3.95. The first kappa shape index (κ1) is 15.3. The summed E-state index contributed by atoms with van der Waals surface area (Å²) < 4.78 is 0. The molecule has 1 amide bonds. The number of hydrogen-bond acceptors (Lipinski definition) is 3. The summed E-state index contributed by atoms with van der Waals surface area (Å²) in [5, 5.41) is 3.49. The number of nitrogens with zero attached hydrogens (tertiary/aromatic N) is 2. The molecule has 1 saturated heterocycles. The summed E-state index contributed by atoms with van der Waals surface area (Å²) >= 11 is 5.89. The van der Waals surface area contributed by atoms with E-state index in [4.69, 9.17) is 11.6 Å². The van der Waals surface area contributed by atoms with Crippen molar-refractivity contribution in [2.24, 2.45) is 0 Å². The number of carbonyl (C=O) groups excluding carboxylic acids is 1. The zero-order valence-corrected chi connectivity index (χ0v) is 12.9. The zero-order valence-electron chi connectivity index (χ0n) is 12.1. The first-order valence-electron chi connectivity index (χ1n) is 7.02. The van der Waals surface area contributed by atoms with E-state index < -0.39 is 0 Å². The van der Waals surface area contributed by atoms with E-state index >= 15 is 0 Å². The summed E-state index contributed by atoms with van der Waals surface area (Å²) in [6.07, 6.45) is 0. The number of likely N-dealkylation sites (N-methyl/N-ethyl adjacent to an activating group) is 1. The van der Waals surface area contributed by atoms with Gasteiger partial charge in [-0.25, -0.2) is 0 Å². The van der Waals surface area contributed by atoms with Crippen LogP contribution >= 0.6 is 11.6 Å². The number of halogens is 1. The van der Waals surface area contributed by atoms with Crippen LogP contribution in [0.15, 0.2) is 24.3 Å². The van der Waals surface area contributed by atoms with Crippen LogP contribution in [0.4, 0.5) is 0 Å². The van der Waals surface area contributed by atoms with Crippen LogP contribution in [0.1, 0.15) is 12.5 Å². The monoisotopic (exact) mass is 295 g/mol. The Bertz CT molecular complexity index is 441. The van der Waals surface area contributed by atoms with E-state index in [1.807, 2.05) is 19.1 Å². The molecule has 0 aromatic heterocycles. The molecule has 1 aromatic carbocycles. The molecule has 2 rings (SSSR count). The third-order valence-electron chi connectivity index (χ3n) is 3.90. The predicted molar refractivity (Wildman–Crippen MR) is 81.8 cm³/mol. The van der Waals surface area contributed by atoms with Gasteiger partial charge in [-0.3, -0.25) is 14.6 Å². The lowest BCUT2D eigenvalue weighted by Gasteiger charge is -2.37. The van der Waals surface area contributed by atoms with Crippen molar-refractivity contribution in [1.29, 1.82) is 0 Å². The summed E-state index contributed by atoms with van der Waals surface area (Å²) in [5.41, 5.74) is 1.28. The van der Waals surface area contributed by atoms with E-state index in [9.17, 15) is 4.79 Å². The summed E-state index contributed by atoms with van der Waals surface area (Å²) in [4.78, 5) is 16.3. The molecule has 0 spiro atoms. The Kier molecular flexibility index (Phi) is 5.40. The average Bonchev–Trinajstić information content (AvgIpc) is 2.49. The van der Waals surface area contributed by atoms with Gasteiger partial charge in [0.2, 0.25) is 5.91 Å². The maximum absolute atomic E-state index is 11.6. The lowest BCUT2D eigenvalue weighted by molar-refractivity contribution is -0.126. The highest BCUT2D eigenvalue weighted by Gasteiger charge is 2.24. The van der Waals surface area contributed by atoms with Crippen molar-refractivity contribution in [3.05, 3.63) is 34.9 Å². The number of piperazine rings is 1. The smallest absolute Gasteiger partial charge is 0.236 e. The molecule has 5 heteroatoms. The number of carbonyl (C=O) groups is 1. The predicted octanol–water partition coefficient (Wildman–Crippen LogP) is 1.59. The minimum atomic E-state index is -0.0438. The lowest BCUT2D eigenvalue weighted by atomic mass is 10.1. The molecule has 1 aliphatic heterocycles. The highest BCUT2D eigenvalue weighted by atomic mass is 35.5. The van der Waals surface area contributed by atoms with Crippen LogP contribution in [0.3, 0.4) is 0 Å². The van der Waals surface area contributed by atoms with Gasteiger partial charge in [-0.2, -0.15) is 0 Å². The van der Waals surface area contributed by atoms with Crippen LogP contribution in [0.2, 0.25) is 5.02 Å². The van der Waals surface area contributed by atoms with Gasteiger partial charge >= 0.3 is 0 Å². The molecule has 0 aliphatic carbocycles. The molecule has 1 fully saturated rings. The molecule has 0 radical (unpaired) electrons. The molecule has 0 bridgehead atoms. The average molecular weight is 296 g/mol. The van der Waals surface area contributed by atoms with Crippen molar-refractivity contribution in [1.82, 2.24) is 15.1 Å². The van der Waals surface area contributed by atoms with Crippen LogP contribution < -0.4 is 5.32 Å².